The Bertz CT molecular complexity index is 1000. The maximum atomic E-state index is 13.0. The maximum Gasteiger partial charge on any atom is 0.417 e. The van der Waals surface area contributed by atoms with E-state index >= 15 is 0 Å². The van der Waals surface area contributed by atoms with Crippen molar-refractivity contribution in [1.29, 1.82) is 5.26 Å². The molecule has 0 radical (unpaired) electrons. The minimum atomic E-state index is -4.65. The molecule has 9 heteroatoms. The lowest BCUT2D eigenvalue weighted by molar-refractivity contribution is -0.137. The second-order valence-electron chi connectivity index (χ2n) is 5.13. The first-order chi connectivity index (χ1) is 12.4. The molecule has 26 heavy (non-hydrogen) atoms. The molecule has 3 aromatic rings. The Morgan fingerprint density at radius 2 is 1.92 bits per heavy atom. The molecular formula is C17H10F3N5O. The number of carbonyl (C=O) groups is 1. The molecule has 0 saturated carbocycles. The zero-order chi connectivity index (χ0) is 18.7. The van der Waals surface area contributed by atoms with E-state index in [1.165, 1.54) is 35.3 Å². The van der Waals surface area contributed by atoms with Crippen LogP contribution >= 0.6 is 0 Å². The van der Waals surface area contributed by atoms with Crippen LogP contribution in [0.15, 0.2) is 54.9 Å². The van der Waals surface area contributed by atoms with Crippen LogP contribution in [-0.4, -0.2) is 20.7 Å². The number of anilines is 1. The highest BCUT2D eigenvalue weighted by Gasteiger charge is 2.34. The summed E-state index contributed by atoms with van der Waals surface area (Å²) in [6.45, 7) is 0. The lowest BCUT2D eigenvalue weighted by atomic mass is 10.1. The van der Waals surface area contributed by atoms with E-state index < -0.39 is 23.2 Å². The predicted molar refractivity (Wildman–Crippen MR) is 85.5 cm³/mol. The quantitative estimate of drug-likeness (QED) is 0.779. The Morgan fingerprint density at radius 3 is 2.65 bits per heavy atom. The number of hydrogen-bond acceptors (Lipinski definition) is 4. The van der Waals surface area contributed by atoms with Crippen LogP contribution in [0.3, 0.4) is 0 Å². The monoisotopic (exact) mass is 357 g/mol. The fraction of sp³-hybridized carbons (Fsp3) is 0.0588. The van der Waals surface area contributed by atoms with Gasteiger partial charge in [0, 0.05) is 18.5 Å². The molecule has 2 heterocycles. The molecule has 0 atom stereocenters. The van der Waals surface area contributed by atoms with Crippen molar-refractivity contribution < 1.29 is 18.0 Å². The Hall–Kier alpha value is -3.67. The van der Waals surface area contributed by atoms with Crippen molar-refractivity contribution in [3.8, 4) is 11.9 Å². The van der Waals surface area contributed by atoms with Crippen LogP contribution in [0.25, 0.3) is 5.82 Å². The summed E-state index contributed by atoms with van der Waals surface area (Å²) in [6, 6.07) is 10.9. The van der Waals surface area contributed by atoms with E-state index in [0.717, 1.165) is 12.1 Å². The lowest BCUT2D eigenvalue weighted by Crippen LogP contribution is -2.19. The Labute approximate surface area is 145 Å². The molecule has 0 spiro atoms. The molecular weight excluding hydrogens is 347 g/mol. The molecule has 0 unspecified atom stereocenters. The van der Waals surface area contributed by atoms with Gasteiger partial charge >= 0.3 is 6.18 Å². The van der Waals surface area contributed by atoms with Crippen molar-refractivity contribution >= 4 is 11.7 Å². The molecule has 2 aromatic heterocycles. The SMILES string of the molecule is N#Cc1cccnc1-n1ccc(NC(=O)c2ccccc2C(F)(F)F)n1. The third-order valence-electron chi connectivity index (χ3n) is 3.43. The van der Waals surface area contributed by atoms with Gasteiger partial charge in [-0.3, -0.25) is 4.79 Å². The van der Waals surface area contributed by atoms with Gasteiger partial charge in [0.05, 0.1) is 16.7 Å². The Balaban J connectivity index is 1.87. The minimum absolute atomic E-state index is 0.0292. The van der Waals surface area contributed by atoms with Gasteiger partial charge in [-0.25, -0.2) is 9.67 Å². The molecule has 1 aromatic carbocycles. The summed E-state index contributed by atoms with van der Waals surface area (Å²) in [4.78, 5) is 16.3. The Morgan fingerprint density at radius 1 is 1.15 bits per heavy atom. The summed E-state index contributed by atoms with van der Waals surface area (Å²) in [7, 11) is 0. The van der Waals surface area contributed by atoms with Gasteiger partial charge in [0.1, 0.15) is 6.07 Å². The van der Waals surface area contributed by atoms with Gasteiger partial charge in [0.15, 0.2) is 11.6 Å². The van der Waals surface area contributed by atoms with Gasteiger partial charge in [0.25, 0.3) is 5.91 Å². The molecule has 1 amide bonds. The highest BCUT2D eigenvalue weighted by atomic mass is 19.4. The van der Waals surface area contributed by atoms with E-state index in [9.17, 15) is 18.0 Å². The fourth-order valence-corrected chi connectivity index (χ4v) is 2.29. The smallest absolute Gasteiger partial charge is 0.305 e. The molecule has 6 nitrogen and oxygen atoms in total. The first kappa shape index (κ1) is 17.2. The second-order valence-corrected chi connectivity index (χ2v) is 5.13. The summed E-state index contributed by atoms with van der Waals surface area (Å²) >= 11 is 0. The van der Waals surface area contributed by atoms with Gasteiger partial charge in [-0.2, -0.15) is 18.4 Å². The molecule has 0 saturated heterocycles. The summed E-state index contributed by atoms with van der Waals surface area (Å²) < 4.78 is 40.3. The lowest BCUT2D eigenvalue weighted by Gasteiger charge is -2.11. The van der Waals surface area contributed by atoms with Crippen LogP contribution in [0.2, 0.25) is 0 Å². The van der Waals surface area contributed by atoms with E-state index in [4.69, 9.17) is 5.26 Å². The van der Waals surface area contributed by atoms with E-state index in [0.29, 0.717) is 0 Å². The highest BCUT2D eigenvalue weighted by molar-refractivity contribution is 6.04. The predicted octanol–water partition coefficient (Wildman–Crippen LogP) is 3.41. The number of nitrogens with zero attached hydrogens (tertiary/aromatic N) is 4. The van der Waals surface area contributed by atoms with Crippen molar-refractivity contribution in [3.05, 3.63) is 71.5 Å². The molecule has 0 aliphatic heterocycles. The van der Waals surface area contributed by atoms with Gasteiger partial charge < -0.3 is 5.32 Å². The Kier molecular flexibility index (Phi) is 4.41. The first-order valence-corrected chi connectivity index (χ1v) is 7.29. The third kappa shape index (κ3) is 3.39. The van der Waals surface area contributed by atoms with E-state index in [-0.39, 0.29) is 17.2 Å². The largest absolute Gasteiger partial charge is 0.417 e. The topological polar surface area (TPSA) is 83.6 Å². The fourth-order valence-electron chi connectivity index (χ4n) is 2.29. The summed E-state index contributed by atoms with van der Waals surface area (Å²) in [5.74, 6) is -0.669. The molecule has 0 aliphatic carbocycles. The zero-order valence-corrected chi connectivity index (χ0v) is 13.0. The van der Waals surface area contributed by atoms with Crippen molar-refractivity contribution in [3.63, 3.8) is 0 Å². The number of carbonyl (C=O) groups excluding carboxylic acids is 1. The normalized spacial score (nSPS) is 11.0. The standard InChI is InChI=1S/C17H10F3N5O/c18-17(19,20)13-6-2-1-5-12(13)16(26)23-14-7-9-25(24-14)15-11(10-21)4-3-8-22-15/h1-9H,(H,23,24,26). The van der Waals surface area contributed by atoms with E-state index in [1.54, 1.807) is 12.1 Å². The molecule has 0 aliphatic rings. The minimum Gasteiger partial charge on any atom is -0.305 e. The van der Waals surface area contributed by atoms with Gasteiger partial charge in [-0.1, -0.05) is 12.1 Å². The number of hydrogen-bond donors (Lipinski definition) is 1. The van der Waals surface area contributed by atoms with Gasteiger partial charge in [-0.05, 0) is 24.3 Å². The number of pyridine rings is 1. The molecule has 1 N–H and O–H groups in total. The summed E-state index contributed by atoms with van der Waals surface area (Å²) in [6.07, 6.45) is -1.74. The van der Waals surface area contributed by atoms with Crippen molar-refractivity contribution in [2.75, 3.05) is 5.32 Å². The third-order valence-corrected chi connectivity index (χ3v) is 3.43. The number of nitrogens with one attached hydrogen (secondary N) is 1. The zero-order valence-electron chi connectivity index (χ0n) is 13.0. The molecule has 0 bridgehead atoms. The number of aromatic nitrogens is 3. The number of nitriles is 1. The van der Waals surface area contributed by atoms with Crippen molar-refractivity contribution in [2.24, 2.45) is 0 Å². The number of benzene rings is 1. The number of rotatable bonds is 3. The number of alkyl halides is 3. The summed E-state index contributed by atoms with van der Waals surface area (Å²) in [5.41, 5.74) is -1.28. The van der Waals surface area contributed by atoms with Gasteiger partial charge in [0.2, 0.25) is 0 Å². The average Bonchev–Trinajstić information content (AvgIpc) is 3.09. The van der Waals surface area contributed by atoms with Gasteiger partial charge in [-0.15, -0.1) is 5.10 Å². The average molecular weight is 357 g/mol. The maximum absolute atomic E-state index is 13.0. The van der Waals surface area contributed by atoms with Crippen molar-refractivity contribution in [2.45, 2.75) is 6.18 Å². The molecule has 3 rings (SSSR count). The van der Waals surface area contributed by atoms with E-state index in [2.05, 4.69) is 15.4 Å². The first-order valence-electron chi connectivity index (χ1n) is 7.29. The second kappa shape index (κ2) is 6.68. The summed E-state index contributed by atoms with van der Waals surface area (Å²) in [5, 5.41) is 15.4. The van der Waals surface area contributed by atoms with Crippen LogP contribution < -0.4 is 5.32 Å². The van der Waals surface area contributed by atoms with Crippen LogP contribution in [0.5, 0.6) is 0 Å². The number of halogens is 3. The van der Waals surface area contributed by atoms with Crippen molar-refractivity contribution in [1.82, 2.24) is 14.8 Å². The highest BCUT2D eigenvalue weighted by Crippen LogP contribution is 2.32. The number of amides is 1. The van der Waals surface area contributed by atoms with Crippen LogP contribution in [-0.2, 0) is 6.18 Å². The van der Waals surface area contributed by atoms with Crippen LogP contribution in [0, 0.1) is 11.3 Å². The molecule has 0 fully saturated rings. The van der Waals surface area contributed by atoms with Crippen LogP contribution in [0.1, 0.15) is 21.5 Å². The molecule has 130 valence electrons. The van der Waals surface area contributed by atoms with E-state index in [1.807, 2.05) is 6.07 Å². The van der Waals surface area contributed by atoms with Crippen LogP contribution in [0.4, 0.5) is 19.0 Å².